The zero-order valence-electron chi connectivity index (χ0n) is 12.1. The highest BCUT2D eigenvalue weighted by molar-refractivity contribution is 7.09. The lowest BCUT2D eigenvalue weighted by Crippen LogP contribution is -2.32. The summed E-state index contributed by atoms with van der Waals surface area (Å²) in [6.07, 6.45) is -1.17. The first-order valence-corrected chi connectivity index (χ1v) is 7.66. The van der Waals surface area contributed by atoms with E-state index in [9.17, 15) is 18.0 Å². The summed E-state index contributed by atoms with van der Waals surface area (Å²) < 4.78 is 37.4. The van der Waals surface area contributed by atoms with Gasteiger partial charge in [-0.15, -0.1) is 23.7 Å². The SMILES string of the molecule is CN(Cc1nc(C(F)(F)F)cs1)C(=O)C[C@@H]1CCC[C@H]1N.Cl. The van der Waals surface area contributed by atoms with Gasteiger partial charge in [0.1, 0.15) is 5.01 Å². The van der Waals surface area contributed by atoms with E-state index in [2.05, 4.69) is 4.98 Å². The highest BCUT2D eigenvalue weighted by atomic mass is 35.5. The minimum Gasteiger partial charge on any atom is -0.339 e. The quantitative estimate of drug-likeness (QED) is 0.901. The predicted molar refractivity (Wildman–Crippen MR) is 80.8 cm³/mol. The van der Waals surface area contributed by atoms with Gasteiger partial charge < -0.3 is 10.6 Å². The third-order valence-electron chi connectivity index (χ3n) is 3.80. The van der Waals surface area contributed by atoms with Crippen LogP contribution in [0.2, 0.25) is 0 Å². The van der Waals surface area contributed by atoms with Crippen molar-refractivity contribution in [1.82, 2.24) is 9.88 Å². The molecule has 1 fully saturated rings. The van der Waals surface area contributed by atoms with E-state index < -0.39 is 11.9 Å². The average Bonchev–Trinajstić information content (AvgIpc) is 2.99. The molecular weight excluding hydrogens is 339 g/mol. The minimum atomic E-state index is -4.44. The van der Waals surface area contributed by atoms with Gasteiger partial charge in [0.05, 0.1) is 6.54 Å². The van der Waals surface area contributed by atoms with Crippen LogP contribution >= 0.6 is 23.7 Å². The van der Waals surface area contributed by atoms with Crippen molar-refractivity contribution in [3.05, 3.63) is 16.1 Å². The first-order valence-electron chi connectivity index (χ1n) is 6.78. The molecule has 2 atom stereocenters. The van der Waals surface area contributed by atoms with Crippen molar-refractivity contribution in [2.24, 2.45) is 11.7 Å². The van der Waals surface area contributed by atoms with Crippen molar-refractivity contribution in [3.63, 3.8) is 0 Å². The number of rotatable bonds is 4. The highest BCUT2D eigenvalue weighted by Gasteiger charge is 2.34. The maximum absolute atomic E-state index is 12.5. The zero-order valence-corrected chi connectivity index (χ0v) is 13.7. The van der Waals surface area contributed by atoms with E-state index in [-0.39, 0.29) is 41.8 Å². The zero-order chi connectivity index (χ0) is 15.6. The number of nitrogens with zero attached hydrogens (tertiary/aromatic N) is 2. The van der Waals surface area contributed by atoms with Crippen LogP contribution in [-0.4, -0.2) is 28.9 Å². The number of thiazole rings is 1. The van der Waals surface area contributed by atoms with Crippen molar-refractivity contribution in [2.45, 2.75) is 44.4 Å². The Bertz CT molecular complexity index is 509. The summed E-state index contributed by atoms with van der Waals surface area (Å²) in [6, 6.07) is 0.0547. The van der Waals surface area contributed by atoms with Gasteiger partial charge >= 0.3 is 6.18 Å². The van der Waals surface area contributed by atoms with Crippen LogP contribution in [0, 0.1) is 5.92 Å². The van der Waals surface area contributed by atoms with Crippen LogP contribution in [-0.2, 0) is 17.5 Å². The molecule has 1 aliphatic rings. The number of halogens is 4. The fourth-order valence-corrected chi connectivity index (χ4v) is 3.36. The molecule has 0 aromatic carbocycles. The van der Waals surface area contributed by atoms with Crippen molar-refractivity contribution >= 4 is 29.7 Å². The van der Waals surface area contributed by atoms with Crippen molar-refractivity contribution in [1.29, 1.82) is 0 Å². The second kappa shape index (κ2) is 7.61. The number of alkyl halides is 3. The molecule has 0 unspecified atom stereocenters. The Balaban J connectivity index is 0.00000242. The van der Waals surface area contributed by atoms with E-state index in [1.807, 2.05) is 0 Å². The average molecular weight is 358 g/mol. The molecule has 22 heavy (non-hydrogen) atoms. The minimum absolute atomic E-state index is 0. The molecule has 0 aliphatic heterocycles. The fourth-order valence-electron chi connectivity index (χ4n) is 2.50. The van der Waals surface area contributed by atoms with Crippen LogP contribution in [0.25, 0.3) is 0 Å². The Hall–Kier alpha value is -0.860. The smallest absolute Gasteiger partial charge is 0.339 e. The Kier molecular flexibility index (Phi) is 6.64. The molecule has 0 saturated heterocycles. The van der Waals surface area contributed by atoms with E-state index in [0.29, 0.717) is 6.42 Å². The number of aromatic nitrogens is 1. The second-order valence-corrected chi connectivity index (χ2v) is 6.38. The van der Waals surface area contributed by atoms with Crippen molar-refractivity contribution < 1.29 is 18.0 Å². The van der Waals surface area contributed by atoms with Gasteiger partial charge in [0.25, 0.3) is 0 Å². The molecule has 1 aromatic rings. The van der Waals surface area contributed by atoms with Crippen LogP contribution < -0.4 is 5.73 Å². The molecule has 126 valence electrons. The normalized spacial score (nSPS) is 21.5. The van der Waals surface area contributed by atoms with E-state index in [4.69, 9.17) is 5.73 Å². The molecule has 1 amide bonds. The van der Waals surface area contributed by atoms with E-state index in [1.165, 1.54) is 4.90 Å². The van der Waals surface area contributed by atoms with Gasteiger partial charge in [0.2, 0.25) is 5.91 Å². The lowest BCUT2D eigenvalue weighted by Gasteiger charge is -2.20. The van der Waals surface area contributed by atoms with Gasteiger partial charge in [-0.2, -0.15) is 13.2 Å². The first-order chi connectivity index (χ1) is 9.77. The maximum Gasteiger partial charge on any atom is 0.434 e. The third kappa shape index (κ3) is 4.82. The molecule has 1 aromatic heterocycles. The molecule has 4 nitrogen and oxygen atoms in total. The molecule has 0 bridgehead atoms. The number of hydrogen-bond donors (Lipinski definition) is 1. The molecule has 1 saturated carbocycles. The van der Waals surface area contributed by atoms with E-state index >= 15 is 0 Å². The van der Waals surface area contributed by atoms with Crippen LogP contribution in [0.15, 0.2) is 5.38 Å². The molecular formula is C13H19ClF3N3OS. The lowest BCUT2D eigenvalue weighted by atomic mass is 9.99. The van der Waals surface area contributed by atoms with Gasteiger partial charge in [0, 0.05) is 24.9 Å². The number of carbonyl (C=O) groups excluding carboxylic acids is 1. The van der Waals surface area contributed by atoms with Gasteiger partial charge in [-0.05, 0) is 18.8 Å². The fraction of sp³-hybridized carbons (Fsp3) is 0.692. The van der Waals surface area contributed by atoms with Gasteiger partial charge in [0.15, 0.2) is 5.69 Å². The third-order valence-corrected chi connectivity index (χ3v) is 4.63. The van der Waals surface area contributed by atoms with Crippen LogP contribution in [0.4, 0.5) is 13.2 Å². The molecule has 9 heteroatoms. The first kappa shape index (κ1) is 19.2. The molecule has 1 aliphatic carbocycles. The van der Waals surface area contributed by atoms with Crippen molar-refractivity contribution in [3.8, 4) is 0 Å². The van der Waals surface area contributed by atoms with Gasteiger partial charge in [-0.1, -0.05) is 6.42 Å². The molecule has 1 heterocycles. The Morgan fingerprint density at radius 1 is 1.50 bits per heavy atom. The van der Waals surface area contributed by atoms with E-state index in [1.54, 1.807) is 7.05 Å². The molecule has 2 N–H and O–H groups in total. The molecule has 0 radical (unpaired) electrons. The Morgan fingerprint density at radius 3 is 2.68 bits per heavy atom. The maximum atomic E-state index is 12.5. The number of carbonyl (C=O) groups is 1. The summed E-state index contributed by atoms with van der Waals surface area (Å²) in [5.41, 5.74) is 5.02. The molecule has 0 spiro atoms. The number of nitrogens with two attached hydrogens (primary N) is 1. The topological polar surface area (TPSA) is 59.2 Å². The number of amides is 1. The second-order valence-electron chi connectivity index (χ2n) is 5.43. The predicted octanol–water partition coefficient (Wildman–Crippen LogP) is 3.06. The summed E-state index contributed by atoms with van der Waals surface area (Å²) in [7, 11) is 1.58. The lowest BCUT2D eigenvalue weighted by molar-refractivity contribution is -0.140. The summed E-state index contributed by atoms with van der Waals surface area (Å²) >= 11 is 0.916. The Labute approximate surface area is 137 Å². The largest absolute Gasteiger partial charge is 0.434 e. The summed E-state index contributed by atoms with van der Waals surface area (Å²) in [4.78, 5) is 17.0. The summed E-state index contributed by atoms with van der Waals surface area (Å²) in [5.74, 6) is 0.0862. The summed E-state index contributed by atoms with van der Waals surface area (Å²) in [5, 5.41) is 1.26. The Morgan fingerprint density at radius 2 is 2.18 bits per heavy atom. The monoisotopic (exact) mass is 357 g/mol. The highest BCUT2D eigenvalue weighted by Crippen LogP contribution is 2.31. The van der Waals surface area contributed by atoms with Crippen LogP contribution in [0.1, 0.15) is 36.4 Å². The molecule has 2 rings (SSSR count). The van der Waals surface area contributed by atoms with Crippen LogP contribution in [0.3, 0.4) is 0 Å². The van der Waals surface area contributed by atoms with Gasteiger partial charge in [-0.25, -0.2) is 4.98 Å². The van der Waals surface area contributed by atoms with E-state index in [0.717, 1.165) is 36.0 Å². The summed E-state index contributed by atoms with van der Waals surface area (Å²) in [6.45, 7) is 0.0987. The van der Waals surface area contributed by atoms with Crippen LogP contribution in [0.5, 0.6) is 0 Å². The van der Waals surface area contributed by atoms with Gasteiger partial charge in [-0.3, -0.25) is 4.79 Å². The van der Waals surface area contributed by atoms with Crippen molar-refractivity contribution in [2.75, 3.05) is 7.05 Å². The number of hydrogen-bond acceptors (Lipinski definition) is 4. The standard InChI is InChI=1S/C13H18F3N3OS.ClH/c1-19(12(20)5-8-3-2-4-9(8)17)6-11-18-10(7-21-11)13(14,15)16;/h7-9H,2-6,17H2,1H3;1H/t8-,9+;/m0./s1.